The molecule has 100 valence electrons. The van der Waals surface area contributed by atoms with Crippen molar-refractivity contribution in [3.8, 4) is 5.75 Å². The Kier molecular flexibility index (Phi) is 4.97. The lowest BCUT2D eigenvalue weighted by Crippen LogP contribution is -2.25. The maximum atomic E-state index is 6.09. The van der Waals surface area contributed by atoms with E-state index in [1.165, 1.54) is 24.8 Å². The molecule has 1 saturated carbocycles. The van der Waals surface area contributed by atoms with Crippen molar-refractivity contribution in [3.05, 3.63) is 28.8 Å². The molecule has 0 spiro atoms. The monoisotopic (exact) mass is 330 g/mol. The van der Waals surface area contributed by atoms with Crippen molar-refractivity contribution < 1.29 is 4.74 Å². The maximum absolute atomic E-state index is 6.09. The van der Waals surface area contributed by atoms with Gasteiger partial charge in [-0.05, 0) is 61.3 Å². The number of hydrogen-bond acceptors (Lipinski definition) is 1. The summed E-state index contributed by atoms with van der Waals surface area (Å²) in [5.41, 5.74) is 1.23. The van der Waals surface area contributed by atoms with Gasteiger partial charge in [0, 0.05) is 9.85 Å². The predicted molar refractivity (Wildman–Crippen MR) is 80.9 cm³/mol. The minimum atomic E-state index is 0.623. The number of rotatable bonds is 3. The molecule has 3 heteroatoms. The number of methoxy groups -OCH3 is 1. The minimum absolute atomic E-state index is 0.623. The van der Waals surface area contributed by atoms with Crippen LogP contribution >= 0.6 is 27.5 Å². The molecule has 2 rings (SSSR count). The van der Waals surface area contributed by atoms with Crippen molar-refractivity contribution in [2.45, 2.75) is 37.4 Å². The number of ether oxygens (including phenoxy) is 1. The van der Waals surface area contributed by atoms with E-state index < -0.39 is 0 Å². The van der Waals surface area contributed by atoms with E-state index in [1.807, 2.05) is 18.2 Å². The fourth-order valence-electron chi connectivity index (χ4n) is 2.86. The van der Waals surface area contributed by atoms with Crippen LogP contribution < -0.4 is 4.74 Å². The van der Waals surface area contributed by atoms with E-state index in [1.54, 1.807) is 7.11 Å². The molecule has 1 aromatic carbocycles. The van der Waals surface area contributed by atoms with Gasteiger partial charge < -0.3 is 4.74 Å². The van der Waals surface area contributed by atoms with E-state index in [9.17, 15) is 0 Å². The van der Waals surface area contributed by atoms with Gasteiger partial charge >= 0.3 is 0 Å². The van der Waals surface area contributed by atoms with Crippen LogP contribution in [0, 0.1) is 11.8 Å². The van der Waals surface area contributed by atoms with Crippen molar-refractivity contribution in [2.75, 3.05) is 7.11 Å². The molecule has 0 aromatic heterocycles. The van der Waals surface area contributed by atoms with Gasteiger partial charge in [0.05, 0.1) is 7.11 Å². The zero-order valence-electron chi connectivity index (χ0n) is 11.0. The SMILES string of the molecule is COc1ccc(Cl)cc1CC1CC(C)CCC1Br. The van der Waals surface area contributed by atoms with Crippen LogP contribution in [0.4, 0.5) is 0 Å². The van der Waals surface area contributed by atoms with Crippen LogP contribution in [0.15, 0.2) is 18.2 Å². The topological polar surface area (TPSA) is 9.23 Å². The van der Waals surface area contributed by atoms with Gasteiger partial charge in [0.25, 0.3) is 0 Å². The Morgan fingerprint density at radius 2 is 2.17 bits per heavy atom. The molecule has 0 saturated heterocycles. The van der Waals surface area contributed by atoms with Gasteiger partial charge in [-0.15, -0.1) is 0 Å². The van der Waals surface area contributed by atoms with Crippen LogP contribution in [-0.2, 0) is 6.42 Å². The first kappa shape index (κ1) is 14.2. The lowest BCUT2D eigenvalue weighted by atomic mass is 9.79. The smallest absolute Gasteiger partial charge is 0.122 e. The highest BCUT2D eigenvalue weighted by molar-refractivity contribution is 9.09. The number of hydrogen-bond donors (Lipinski definition) is 0. The Labute approximate surface area is 123 Å². The molecule has 1 aromatic rings. The second-order valence-corrected chi connectivity index (χ2v) is 6.97. The van der Waals surface area contributed by atoms with Gasteiger partial charge in [-0.25, -0.2) is 0 Å². The van der Waals surface area contributed by atoms with E-state index in [-0.39, 0.29) is 0 Å². The summed E-state index contributed by atoms with van der Waals surface area (Å²) < 4.78 is 5.43. The summed E-state index contributed by atoms with van der Waals surface area (Å²) in [4.78, 5) is 0.623. The van der Waals surface area contributed by atoms with Crippen molar-refractivity contribution in [2.24, 2.45) is 11.8 Å². The maximum Gasteiger partial charge on any atom is 0.122 e. The van der Waals surface area contributed by atoms with Gasteiger partial charge in [-0.2, -0.15) is 0 Å². The standard InChI is InChI=1S/C15H20BrClO/c1-10-3-5-14(16)11(7-10)8-12-9-13(17)4-6-15(12)18-2/h4,6,9-11,14H,3,5,7-8H2,1-2H3. The fraction of sp³-hybridized carbons (Fsp3) is 0.600. The average molecular weight is 332 g/mol. The van der Waals surface area contributed by atoms with Gasteiger partial charge in [0.15, 0.2) is 0 Å². The van der Waals surface area contributed by atoms with Crippen molar-refractivity contribution in [3.63, 3.8) is 0 Å². The molecule has 3 unspecified atom stereocenters. The van der Waals surface area contributed by atoms with Crippen LogP contribution in [-0.4, -0.2) is 11.9 Å². The molecule has 1 aliphatic rings. The third kappa shape index (κ3) is 3.42. The van der Waals surface area contributed by atoms with Crippen molar-refractivity contribution in [1.82, 2.24) is 0 Å². The number of benzene rings is 1. The van der Waals surface area contributed by atoms with E-state index in [4.69, 9.17) is 16.3 Å². The Balaban J connectivity index is 2.14. The van der Waals surface area contributed by atoms with Crippen LogP contribution in [0.5, 0.6) is 5.75 Å². The molecule has 0 aliphatic heterocycles. The first-order valence-electron chi connectivity index (χ1n) is 6.56. The molecule has 1 aliphatic carbocycles. The largest absolute Gasteiger partial charge is 0.496 e. The molecule has 1 nitrogen and oxygen atoms in total. The Morgan fingerprint density at radius 3 is 2.89 bits per heavy atom. The molecule has 18 heavy (non-hydrogen) atoms. The van der Waals surface area contributed by atoms with Crippen molar-refractivity contribution in [1.29, 1.82) is 0 Å². The van der Waals surface area contributed by atoms with Gasteiger partial charge in [0.1, 0.15) is 5.75 Å². The summed E-state index contributed by atoms with van der Waals surface area (Å²) >= 11 is 9.92. The molecule has 0 amide bonds. The summed E-state index contributed by atoms with van der Waals surface area (Å²) in [7, 11) is 1.72. The first-order chi connectivity index (χ1) is 8.60. The Hall–Kier alpha value is -0.210. The molecule has 1 fully saturated rings. The minimum Gasteiger partial charge on any atom is -0.496 e. The average Bonchev–Trinajstić information content (AvgIpc) is 2.34. The zero-order chi connectivity index (χ0) is 13.1. The van der Waals surface area contributed by atoms with E-state index >= 15 is 0 Å². The molecule has 0 heterocycles. The highest BCUT2D eigenvalue weighted by atomic mass is 79.9. The normalized spacial score (nSPS) is 28.1. The van der Waals surface area contributed by atoms with Crippen LogP contribution in [0.25, 0.3) is 0 Å². The fourth-order valence-corrected chi connectivity index (χ4v) is 3.72. The lowest BCUT2D eigenvalue weighted by molar-refractivity contribution is 0.291. The summed E-state index contributed by atoms with van der Waals surface area (Å²) in [6, 6.07) is 5.89. The Bertz CT molecular complexity index is 407. The van der Waals surface area contributed by atoms with Crippen molar-refractivity contribution >= 4 is 27.5 Å². The molecular formula is C15H20BrClO. The summed E-state index contributed by atoms with van der Waals surface area (Å²) in [5, 5.41) is 0.792. The molecule has 0 bridgehead atoms. The number of halogens is 2. The quantitative estimate of drug-likeness (QED) is 0.701. The van der Waals surface area contributed by atoms with E-state index in [2.05, 4.69) is 22.9 Å². The summed E-state index contributed by atoms with van der Waals surface area (Å²) in [6.07, 6.45) is 4.93. The molecular weight excluding hydrogens is 312 g/mol. The van der Waals surface area contributed by atoms with Crippen LogP contribution in [0.1, 0.15) is 31.7 Å². The molecule has 0 N–H and O–H groups in total. The third-order valence-electron chi connectivity index (χ3n) is 3.88. The molecule has 3 atom stereocenters. The summed E-state index contributed by atoms with van der Waals surface area (Å²) in [6.45, 7) is 2.35. The van der Waals surface area contributed by atoms with Gasteiger partial charge in [-0.3, -0.25) is 0 Å². The second-order valence-electron chi connectivity index (χ2n) is 5.35. The van der Waals surface area contributed by atoms with Gasteiger partial charge in [0.2, 0.25) is 0 Å². The van der Waals surface area contributed by atoms with Crippen LogP contribution in [0.2, 0.25) is 5.02 Å². The van der Waals surface area contributed by atoms with E-state index in [0.29, 0.717) is 10.7 Å². The second kappa shape index (κ2) is 6.29. The highest BCUT2D eigenvalue weighted by Crippen LogP contribution is 2.37. The lowest BCUT2D eigenvalue weighted by Gasteiger charge is -2.32. The Morgan fingerprint density at radius 1 is 1.39 bits per heavy atom. The van der Waals surface area contributed by atoms with Crippen LogP contribution in [0.3, 0.4) is 0 Å². The molecule has 0 radical (unpaired) electrons. The van der Waals surface area contributed by atoms with E-state index in [0.717, 1.165) is 23.1 Å². The zero-order valence-corrected chi connectivity index (χ0v) is 13.3. The van der Waals surface area contributed by atoms with Gasteiger partial charge in [-0.1, -0.05) is 34.5 Å². The summed E-state index contributed by atoms with van der Waals surface area (Å²) in [5.74, 6) is 2.47. The highest BCUT2D eigenvalue weighted by Gasteiger charge is 2.27. The predicted octanol–water partition coefficient (Wildman–Crippen LogP) is 5.09. The first-order valence-corrected chi connectivity index (χ1v) is 7.86. The number of alkyl halides is 1. The third-order valence-corrected chi connectivity index (χ3v) is 5.32.